The van der Waals surface area contributed by atoms with Gasteiger partial charge >= 0.3 is 0 Å². The Bertz CT molecular complexity index is 334. The van der Waals surface area contributed by atoms with Crippen molar-refractivity contribution in [3.63, 3.8) is 0 Å². The predicted molar refractivity (Wildman–Crippen MR) is 57.3 cm³/mol. The zero-order chi connectivity index (χ0) is 10.7. The molecule has 1 fully saturated rings. The van der Waals surface area contributed by atoms with Gasteiger partial charge in [-0.15, -0.1) is 0 Å². The third-order valence-corrected chi connectivity index (χ3v) is 3.02. The fourth-order valence-corrected chi connectivity index (χ4v) is 2.09. The number of aldehydes is 1. The minimum Gasteiger partial charge on any atom is -0.337 e. The molecule has 1 saturated heterocycles. The zero-order valence-corrected chi connectivity index (χ0v) is 9.09. The minimum absolute atomic E-state index is 0.221. The van der Waals surface area contributed by atoms with Gasteiger partial charge in [-0.2, -0.15) is 0 Å². The van der Waals surface area contributed by atoms with Gasteiger partial charge in [0.1, 0.15) is 12.1 Å². The molecule has 82 valence electrons. The summed E-state index contributed by atoms with van der Waals surface area (Å²) >= 11 is 0. The lowest BCUT2D eigenvalue weighted by molar-refractivity contribution is -0.112. The molecule has 2 heterocycles. The minimum atomic E-state index is 0.221. The zero-order valence-electron chi connectivity index (χ0n) is 9.09. The van der Waals surface area contributed by atoms with Crippen molar-refractivity contribution in [3.05, 3.63) is 18.2 Å². The highest BCUT2D eigenvalue weighted by molar-refractivity contribution is 5.53. The maximum absolute atomic E-state index is 10.7. The first-order valence-corrected chi connectivity index (χ1v) is 5.43. The summed E-state index contributed by atoms with van der Waals surface area (Å²) in [6.45, 7) is 2.82. The van der Waals surface area contributed by atoms with Crippen LogP contribution in [-0.2, 0) is 18.4 Å². The maximum Gasteiger partial charge on any atom is 0.124 e. The summed E-state index contributed by atoms with van der Waals surface area (Å²) < 4.78 is 2.03. The van der Waals surface area contributed by atoms with Gasteiger partial charge in [-0.3, -0.25) is 4.90 Å². The van der Waals surface area contributed by atoms with E-state index >= 15 is 0 Å². The molecular weight excluding hydrogens is 190 g/mol. The highest BCUT2D eigenvalue weighted by Crippen LogP contribution is 2.16. The predicted octanol–water partition coefficient (Wildman–Crippen LogP) is 0.831. The number of imidazole rings is 1. The Kier molecular flexibility index (Phi) is 3.16. The van der Waals surface area contributed by atoms with Gasteiger partial charge < -0.3 is 9.36 Å². The average Bonchev–Trinajstić information content (AvgIpc) is 2.65. The molecule has 0 saturated carbocycles. The van der Waals surface area contributed by atoms with E-state index in [1.54, 1.807) is 0 Å². The molecule has 1 aromatic heterocycles. The number of hydrogen-bond acceptors (Lipinski definition) is 3. The second-order valence-corrected chi connectivity index (χ2v) is 4.23. The van der Waals surface area contributed by atoms with Gasteiger partial charge in [0.05, 0.1) is 6.54 Å². The summed E-state index contributed by atoms with van der Waals surface area (Å²) in [6, 6.07) is 0. The first kappa shape index (κ1) is 10.4. The Morgan fingerprint density at radius 2 is 2.53 bits per heavy atom. The molecule has 0 aromatic carbocycles. The molecule has 4 nitrogen and oxygen atoms in total. The normalized spacial score (nSPS) is 22.9. The van der Waals surface area contributed by atoms with Crippen LogP contribution in [0.5, 0.6) is 0 Å². The molecule has 1 unspecified atom stereocenters. The lowest BCUT2D eigenvalue weighted by atomic mass is 10.00. The van der Waals surface area contributed by atoms with E-state index in [4.69, 9.17) is 0 Å². The number of likely N-dealkylation sites (tertiary alicyclic amines) is 1. The van der Waals surface area contributed by atoms with Crippen LogP contribution >= 0.6 is 0 Å². The molecule has 0 aliphatic carbocycles. The smallest absolute Gasteiger partial charge is 0.124 e. The topological polar surface area (TPSA) is 38.1 Å². The van der Waals surface area contributed by atoms with E-state index in [-0.39, 0.29) is 5.92 Å². The Morgan fingerprint density at radius 3 is 3.20 bits per heavy atom. The lowest BCUT2D eigenvalue weighted by Crippen LogP contribution is -2.36. The van der Waals surface area contributed by atoms with E-state index in [0.29, 0.717) is 0 Å². The highest BCUT2D eigenvalue weighted by Gasteiger charge is 2.19. The fraction of sp³-hybridized carbons (Fsp3) is 0.636. The second-order valence-electron chi connectivity index (χ2n) is 4.23. The summed E-state index contributed by atoms with van der Waals surface area (Å²) in [6.07, 6.45) is 7.02. The van der Waals surface area contributed by atoms with Crippen LogP contribution in [-0.4, -0.2) is 33.8 Å². The van der Waals surface area contributed by atoms with Gasteiger partial charge in [-0.05, 0) is 19.4 Å². The molecule has 1 aliphatic heterocycles. The number of carbonyl (C=O) groups excluding carboxylic acids is 1. The maximum atomic E-state index is 10.7. The van der Waals surface area contributed by atoms with Crippen molar-refractivity contribution in [2.45, 2.75) is 19.4 Å². The molecule has 0 spiro atoms. The first-order chi connectivity index (χ1) is 7.29. The van der Waals surface area contributed by atoms with Crippen LogP contribution in [0.4, 0.5) is 0 Å². The van der Waals surface area contributed by atoms with Crippen molar-refractivity contribution in [2.75, 3.05) is 13.1 Å². The first-order valence-electron chi connectivity index (χ1n) is 5.43. The van der Waals surface area contributed by atoms with Gasteiger partial charge in [0, 0.05) is 31.9 Å². The SMILES string of the molecule is Cn1ccnc1CN1CCCC(C=O)C1. The number of aromatic nitrogens is 2. The van der Waals surface area contributed by atoms with E-state index in [9.17, 15) is 4.79 Å². The van der Waals surface area contributed by atoms with Crippen molar-refractivity contribution in [3.8, 4) is 0 Å². The number of hydrogen-bond donors (Lipinski definition) is 0. The molecule has 2 rings (SSSR count). The Balaban J connectivity index is 1.94. The molecule has 0 bridgehead atoms. The second kappa shape index (κ2) is 4.57. The van der Waals surface area contributed by atoms with E-state index in [1.165, 1.54) is 0 Å². The summed E-state index contributed by atoms with van der Waals surface area (Å²) in [5.74, 6) is 1.29. The highest BCUT2D eigenvalue weighted by atomic mass is 16.1. The van der Waals surface area contributed by atoms with E-state index in [2.05, 4.69) is 9.88 Å². The van der Waals surface area contributed by atoms with Crippen LogP contribution in [0.25, 0.3) is 0 Å². The van der Waals surface area contributed by atoms with Crippen molar-refractivity contribution in [2.24, 2.45) is 13.0 Å². The fourth-order valence-electron chi connectivity index (χ4n) is 2.09. The van der Waals surface area contributed by atoms with Gasteiger partial charge in [0.15, 0.2) is 0 Å². The van der Waals surface area contributed by atoms with Crippen LogP contribution < -0.4 is 0 Å². The van der Waals surface area contributed by atoms with Crippen molar-refractivity contribution < 1.29 is 4.79 Å². The number of carbonyl (C=O) groups is 1. The van der Waals surface area contributed by atoms with Crippen LogP contribution in [0.1, 0.15) is 18.7 Å². The van der Waals surface area contributed by atoms with Crippen molar-refractivity contribution >= 4 is 6.29 Å². The molecule has 0 amide bonds. The number of rotatable bonds is 3. The summed E-state index contributed by atoms with van der Waals surface area (Å²) in [5.41, 5.74) is 0. The van der Waals surface area contributed by atoms with Crippen LogP contribution in [0.15, 0.2) is 12.4 Å². The van der Waals surface area contributed by atoms with Crippen molar-refractivity contribution in [1.29, 1.82) is 0 Å². The molecule has 1 atom stereocenters. The molecule has 15 heavy (non-hydrogen) atoms. The Labute approximate surface area is 89.9 Å². The van der Waals surface area contributed by atoms with E-state index < -0.39 is 0 Å². The molecule has 0 N–H and O–H groups in total. The summed E-state index contributed by atoms with van der Waals surface area (Å²) in [5, 5.41) is 0. The Morgan fingerprint density at radius 1 is 1.67 bits per heavy atom. The monoisotopic (exact) mass is 207 g/mol. The largest absolute Gasteiger partial charge is 0.337 e. The Hall–Kier alpha value is -1.16. The molecule has 1 aromatic rings. The summed E-state index contributed by atoms with van der Waals surface area (Å²) in [4.78, 5) is 17.3. The lowest BCUT2D eigenvalue weighted by Gasteiger charge is -2.29. The average molecular weight is 207 g/mol. The van der Waals surface area contributed by atoms with Gasteiger partial charge in [-0.1, -0.05) is 0 Å². The van der Waals surface area contributed by atoms with E-state index in [1.807, 2.05) is 24.0 Å². The number of aryl methyl sites for hydroxylation is 1. The third kappa shape index (κ3) is 2.45. The molecule has 4 heteroatoms. The molecular formula is C11H17N3O. The standard InChI is InChI=1S/C11H17N3O/c1-13-6-4-12-11(13)8-14-5-2-3-10(7-14)9-15/h4,6,9-10H,2-3,5,7-8H2,1H3. The van der Waals surface area contributed by atoms with Gasteiger partial charge in [-0.25, -0.2) is 4.98 Å². The third-order valence-electron chi connectivity index (χ3n) is 3.02. The van der Waals surface area contributed by atoms with Crippen molar-refractivity contribution in [1.82, 2.24) is 14.5 Å². The van der Waals surface area contributed by atoms with Crippen LogP contribution in [0.2, 0.25) is 0 Å². The van der Waals surface area contributed by atoms with Crippen LogP contribution in [0.3, 0.4) is 0 Å². The number of nitrogens with zero attached hydrogens (tertiary/aromatic N) is 3. The molecule has 0 radical (unpaired) electrons. The van der Waals surface area contributed by atoms with Gasteiger partial charge in [0.25, 0.3) is 0 Å². The van der Waals surface area contributed by atoms with Crippen LogP contribution in [0, 0.1) is 5.92 Å². The molecule has 1 aliphatic rings. The van der Waals surface area contributed by atoms with Gasteiger partial charge in [0.2, 0.25) is 0 Å². The quantitative estimate of drug-likeness (QED) is 0.689. The summed E-state index contributed by atoms with van der Waals surface area (Å²) in [7, 11) is 2.00. The van der Waals surface area contributed by atoms with E-state index in [0.717, 1.165) is 44.6 Å². The number of piperidine rings is 1.